The molecular formula is C36H37NO3. The van der Waals surface area contributed by atoms with Gasteiger partial charge in [-0.15, -0.1) is 6.42 Å². The normalized spacial score (nSPS) is 23.9. The van der Waals surface area contributed by atoms with Gasteiger partial charge in [-0.2, -0.15) is 0 Å². The molecule has 1 saturated carbocycles. The van der Waals surface area contributed by atoms with Crippen molar-refractivity contribution in [2.24, 2.45) is 11.8 Å². The van der Waals surface area contributed by atoms with Gasteiger partial charge in [0.25, 0.3) is 0 Å². The molecule has 2 fully saturated rings. The number of nitrogens with zero attached hydrogens (tertiary/aromatic N) is 1. The van der Waals surface area contributed by atoms with Crippen LogP contribution in [-0.2, 0) is 15.8 Å². The van der Waals surface area contributed by atoms with Gasteiger partial charge >= 0.3 is 0 Å². The summed E-state index contributed by atoms with van der Waals surface area (Å²) >= 11 is 0. The Bertz CT molecular complexity index is 1400. The molecule has 2 unspecified atom stereocenters. The lowest BCUT2D eigenvalue weighted by molar-refractivity contribution is -0.130. The first-order valence-corrected chi connectivity index (χ1v) is 14.0. The Labute approximate surface area is 238 Å². The minimum absolute atomic E-state index is 0.0198. The largest absolute Gasteiger partial charge is 0.496 e. The van der Waals surface area contributed by atoms with Crippen LogP contribution in [0.1, 0.15) is 42.9 Å². The molecule has 40 heavy (non-hydrogen) atoms. The van der Waals surface area contributed by atoms with Gasteiger partial charge < -0.3 is 14.7 Å². The second-order valence-corrected chi connectivity index (χ2v) is 10.9. The quantitative estimate of drug-likeness (QED) is 0.289. The number of allylic oxidation sites excluding steroid dienone is 3. The zero-order valence-corrected chi connectivity index (χ0v) is 23.3. The zero-order chi connectivity index (χ0) is 28.2. The number of amides is 1. The number of para-hydroxylation sites is 1. The van der Waals surface area contributed by atoms with Gasteiger partial charge in [0.05, 0.1) is 19.1 Å². The summed E-state index contributed by atoms with van der Waals surface area (Å²) in [6, 6.07) is 29.0. The summed E-state index contributed by atoms with van der Waals surface area (Å²) in [6.07, 6.45) is 12.5. The van der Waals surface area contributed by atoms with Crippen LogP contribution in [0.5, 0.6) is 5.75 Å². The summed E-state index contributed by atoms with van der Waals surface area (Å²) in [6.45, 7) is 2.92. The molecule has 1 aliphatic heterocycles. The third kappa shape index (κ3) is 4.76. The first kappa shape index (κ1) is 27.5. The van der Waals surface area contributed by atoms with Crippen LogP contribution in [-0.4, -0.2) is 36.1 Å². The Morgan fingerprint density at radius 3 is 2.17 bits per heavy atom. The third-order valence-corrected chi connectivity index (χ3v) is 8.98. The monoisotopic (exact) mass is 531 g/mol. The van der Waals surface area contributed by atoms with Gasteiger partial charge in [-0.3, -0.25) is 4.79 Å². The van der Waals surface area contributed by atoms with Crippen LogP contribution in [0.4, 0.5) is 0 Å². The van der Waals surface area contributed by atoms with Crippen LogP contribution < -0.4 is 4.74 Å². The van der Waals surface area contributed by atoms with E-state index in [0.29, 0.717) is 25.3 Å². The van der Waals surface area contributed by atoms with E-state index in [-0.39, 0.29) is 29.6 Å². The maximum absolute atomic E-state index is 13.8. The Balaban J connectivity index is 1.64. The molecule has 5 rings (SSSR count). The van der Waals surface area contributed by atoms with Gasteiger partial charge in [0, 0.05) is 30.0 Å². The maximum Gasteiger partial charge on any atom is 0.227 e. The van der Waals surface area contributed by atoms with E-state index >= 15 is 0 Å². The highest BCUT2D eigenvalue weighted by Crippen LogP contribution is 2.60. The second-order valence-electron chi connectivity index (χ2n) is 10.9. The fourth-order valence-electron chi connectivity index (χ4n) is 7.21. The van der Waals surface area contributed by atoms with E-state index in [1.807, 2.05) is 60.4 Å². The van der Waals surface area contributed by atoms with E-state index in [9.17, 15) is 9.90 Å². The molecule has 1 amide bonds. The van der Waals surface area contributed by atoms with Gasteiger partial charge in [0.2, 0.25) is 5.91 Å². The van der Waals surface area contributed by atoms with Crippen molar-refractivity contribution in [2.75, 3.05) is 20.2 Å². The summed E-state index contributed by atoms with van der Waals surface area (Å²) in [4.78, 5) is 15.7. The van der Waals surface area contributed by atoms with E-state index in [1.165, 1.54) is 11.1 Å². The molecule has 0 radical (unpaired) electrons. The van der Waals surface area contributed by atoms with Gasteiger partial charge in [0.15, 0.2) is 0 Å². The first-order valence-electron chi connectivity index (χ1n) is 14.0. The first-order chi connectivity index (χ1) is 19.5. The van der Waals surface area contributed by atoms with Crippen LogP contribution in [0.2, 0.25) is 0 Å². The van der Waals surface area contributed by atoms with Crippen molar-refractivity contribution in [3.8, 4) is 18.1 Å². The SMILES string of the molecule is C#C/C=C(\C=C/C)CC(=O)N1CC2C(C1)[C@](O)(c1ccccc1OC)CCC2(c1ccccc1)c1ccccc1. The number of fused-ring (bicyclic) bond motifs is 1. The van der Waals surface area contributed by atoms with E-state index in [4.69, 9.17) is 11.2 Å². The van der Waals surface area contributed by atoms with Crippen molar-refractivity contribution >= 4 is 5.91 Å². The molecule has 1 N–H and O–H groups in total. The lowest BCUT2D eigenvalue weighted by atomic mass is 9.52. The third-order valence-electron chi connectivity index (χ3n) is 8.98. The average molecular weight is 532 g/mol. The maximum atomic E-state index is 13.8. The van der Waals surface area contributed by atoms with E-state index in [1.54, 1.807) is 13.2 Å². The van der Waals surface area contributed by atoms with Gasteiger partial charge in [-0.05, 0) is 54.5 Å². The molecule has 0 bridgehead atoms. The Morgan fingerprint density at radius 2 is 1.57 bits per heavy atom. The van der Waals surface area contributed by atoms with Crippen LogP contribution in [0.25, 0.3) is 0 Å². The van der Waals surface area contributed by atoms with E-state index in [2.05, 4.69) is 54.5 Å². The molecule has 204 valence electrons. The summed E-state index contributed by atoms with van der Waals surface area (Å²) in [7, 11) is 1.64. The van der Waals surface area contributed by atoms with Gasteiger partial charge in [0.1, 0.15) is 5.75 Å². The zero-order valence-electron chi connectivity index (χ0n) is 23.3. The summed E-state index contributed by atoms with van der Waals surface area (Å²) < 4.78 is 5.74. The van der Waals surface area contributed by atoms with Gasteiger partial charge in [-0.25, -0.2) is 0 Å². The second kappa shape index (κ2) is 11.6. The van der Waals surface area contributed by atoms with Crippen LogP contribution >= 0.6 is 0 Å². The number of benzene rings is 3. The highest BCUT2D eigenvalue weighted by Gasteiger charge is 2.61. The molecule has 4 heteroatoms. The van der Waals surface area contributed by atoms with Crippen molar-refractivity contribution in [3.63, 3.8) is 0 Å². The molecule has 1 aliphatic carbocycles. The van der Waals surface area contributed by atoms with E-state index in [0.717, 1.165) is 17.6 Å². The predicted octanol–water partition coefficient (Wildman–Crippen LogP) is 6.26. The minimum atomic E-state index is -1.15. The molecule has 2 aliphatic rings. The highest BCUT2D eigenvalue weighted by atomic mass is 16.5. The fourth-order valence-corrected chi connectivity index (χ4v) is 7.21. The highest BCUT2D eigenvalue weighted by molar-refractivity contribution is 5.80. The summed E-state index contributed by atoms with van der Waals surface area (Å²) in [5.41, 5.74) is 2.52. The van der Waals surface area contributed by atoms with Crippen LogP contribution in [0.15, 0.2) is 109 Å². The van der Waals surface area contributed by atoms with Gasteiger partial charge in [-0.1, -0.05) is 96.9 Å². The average Bonchev–Trinajstić information content (AvgIpc) is 3.46. The number of ether oxygens (including phenoxy) is 1. The number of methoxy groups -OCH3 is 1. The van der Waals surface area contributed by atoms with Crippen molar-refractivity contribution in [3.05, 3.63) is 125 Å². The summed E-state index contributed by atoms with van der Waals surface area (Å²) in [5.74, 6) is 3.03. The number of hydrogen-bond acceptors (Lipinski definition) is 3. The topological polar surface area (TPSA) is 49.8 Å². The molecule has 1 heterocycles. The molecule has 0 spiro atoms. The molecule has 3 atom stereocenters. The van der Waals surface area contributed by atoms with Crippen molar-refractivity contribution in [2.45, 2.75) is 37.2 Å². The lowest BCUT2D eigenvalue weighted by Gasteiger charge is -2.53. The number of likely N-dealkylation sites (tertiary alicyclic amines) is 1. The molecule has 3 aromatic carbocycles. The Morgan fingerprint density at radius 1 is 0.975 bits per heavy atom. The molecule has 4 nitrogen and oxygen atoms in total. The minimum Gasteiger partial charge on any atom is -0.496 e. The number of carbonyl (C=O) groups is 1. The predicted molar refractivity (Wildman–Crippen MR) is 160 cm³/mol. The van der Waals surface area contributed by atoms with Crippen molar-refractivity contribution in [1.82, 2.24) is 4.90 Å². The number of hydrogen-bond donors (Lipinski definition) is 1. The number of carbonyl (C=O) groups excluding carboxylic acids is 1. The number of aliphatic hydroxyl groups is 1. The number of terminal acetylenes is 1. The van der Waals surface area contributed by atoms with Crippen molar-refractivity contribution in [1.29, 1.82) is 0 Å². The smallest absolute Gasteiger partial charge is 0.227 e. The molecular weight excluding hydrogens is 494 g/mol. The Hall–Kier alpha value is -4.07. The molecule has 1 saturated heterocycles. The number of rotatable bonds is 7. The van der Waals surface area contributed by atoms with Crippen molar-refractivity contribution < 1.29 is 14.6 Å². The Kier molecular flexibility index (Phi) is 7.96. The summed E-state index contributed by atoms with van der Waals surface area (Å²) in [5, 5.41) is 12.6. The molecule has 3 aromatic rings. The standard InChI is InChI=1S/C36H37NO3/c1-4-14-27(15-5-2)24-34(38)37-25-31-32(26-37)36(39,30-20-12-13-21-33(30)40-3)23-22-35(31,28-16-8-6-9-17-28)29-18-10-7-11-19-29/h1,5-21,31-32,39H,22-26H2,2-3H3/b15-5-,27-14+/t31?,32?,36-/m1/s1. The lowest BCUT2D eigenvalue weighted by Crippen LogP contribution is -2.53. The van der Waals surface area contributed by atoms with Crippen LogP contribution in [0, 0.1) is 24.2 Å². The fraction of sp³-hybridized carbons (Fsp3) is 0.306. The van der Waals surface area contributed by atoms with E-state index < -0.39 is 5.60 Å². The van der Waals surface area contributed by atoms with Crippen LogP contribution in [0.3, 0.4) is 0 Å². The molecule has 0 aromatic heterocycles.